The van der Waals surface area contributed by atoms with Gasteiger partial charge in [-0.15, -0.1) is 0 Å². The third-order valence-corrected chi connectivity index (χ3v) is 3.69. The summed E-state index contributed by atoms with van der Waals surface area (Å²) < 4.78 is 8.24. The number of aromatic nitrogens is 2. The number of nitrogens with zero attached hydrogens (tertiary/aromatic N) is 2. The lowest BCUT2D eigenvalue weighted by molar-refractivity contribution is 0.294. The van der Waals surface area contributed by atoms with Gasteiger partial charge in [0.25, 0.3) is 0 Å². The van der Waals surface area contributed by atoms with E-state index in [4.69, 9.17) is 4.74 Å². The molecule has 3 heteroatoms. The van der Waals surface area contributed by atoms with Crippen LogP contribution in [0.1, 0.15) is 57.1 Å². The molecule has 0 spiro atoms. The Kier molecular flexibility index (Phi) is 5.43. The molecule has 114 valence electrons. The van der Waals surface area contributed by atoms with E-state index < -0.39 is 0 Å². The van der Waals surface area contributed by atoms with Gasteiger partial charge in [0.15, 0.2) is 0 Å². The van der Waals surface area contributed by atoms with E-state index in [1.54, 1.807) is 0 Å². The molecule has 2 rings (SSSR count). The molecule has 3 nitrogen and oxygen atoms in total. The summed E-state index contributed by atoms with van der Waals surface area (Å²) in [5.74, 6) is 2.05. The van der Waals surface area contributed by atoms with Gasteiger partial charge in [-0.3, -0.25) is 0 Å². The third-order valence-electron chi connectivity index (χ3n) is 3.69. The lowest BCUT2D eigenvalue weighted by Gasteiger charge is -2.20. The highest BCUT2D eigenvalue weighted by atomic mass is 16.5. The smallest absolute Gasteiger partial charge is 0.126 e. The molecule has 1 aromatic heterocycles. The van der Waals surface area contributed by atoms with Crippen molar-refractivity contribution in [2.75, 3.05) is 6.61 Å². The van der Waals surface area contributed by atoms with E-state index in [0.29, 0.717) is 11.8 Å². The number of rotatable bonds is 7. The number of ether oxygens (including phenoxy) is 1. The summed E-state index contributed by atoms with van der Waals surface area (Å²) in [4.78, 5) is 4.06. The minimum absolute atomic E-state index is 0.479. The highest BCUT2D eigenvalue weighted by molar-refractivity contribution is 5.44. The van der Waals surface area contributed by atoms with Gasteiger partial charge < -0.3 is 9.30 Å². The Hall–Kier alpha value is -1.77. The molecule has 0 amide bonds. The maximum absolute atomic E-state index is 6.16. The van der Waals surface area contributed by atoms with Gasteiger partial charge in [-0.05, 0) is 29.4 Å². The first-order valence-corrected chi connectivity index (χ1v) is 7.81. The van der Waals surface area contributed by atoms with Gasteiger partial charge in [-0.25, -0.2) is 4.98 Å². The monoisotopic (exact) mass is 286 g/mol. The van der Waals surface area contributed by atoms with Crippen LogP contribution in [0.4, 0.5) is 0 Å². The fourth-order valence-corrected chi connectivity index (χ4v) is 2.49. The maximum atomic E-state index is 6.16. The van der Waals surface area contributed by atoms with Gasteiger partial charge in [0.2, 0.25) is 0 Å². The Morgan fingerprint density at radius 3 is 2.29 bits per heavy atom. The van der Waals surface area contributed by atoms with E-state index in [2.05, 4.69) is 55.4 Å². The summed E-state index contributed by atoms with van der Waals surface area (Å²) in [6.07, 6.45) is 6.63. The van der Waals surface area contributed by atoms with Gasteiger partial charge in [0, 0.05) is 18.9 Å². The highest BCUT2D eigenvalue weighted by Crippen LogP contribution is 2.34. The van der Waals surface area contributed by atoms with Crippen LogP contribution < -0.4 is 4.74 Å². The second kappa shape index (κ2) is 7.30. The molecule has 0 aliphatic rings. The van der Waals surface area contributed by atoms with Crippen molar-refractivity contribution >= 4 is 0 Å². The molecule has 0 radical (unpaired) electrons. The number of aryl methyl sites for hydroxylation is 1. The molecule has 0 atom stereocenters. The van der Waals surface area contributed by atoms with Gasteiger partial charge in [0.05, 0.1) is 12.9 Å². The van der Waals surface area contributed by atoms with Gasteiger partial charge >= 0.3 is 0 Å². The Balaban J connectivity index is 2.03. The number of para-hydroxylation sites is 1. The van der Waals surface area contributed by atoms with E-state index in [0.717, 1.165) is 25.3 Å². The Labute approximate surface area is 128 Å². The number of benzene rings is 1. The number of hydrogen-bond donors (Lipinski definition) is 0. The highest BCUT2D eigenvalue weighted by Gasteiger charge is 2.14. The molecule has 0 bridgehead atoms. The summed E-state index contributed by atoms with van der Waals surface area (Å²) in [6, 6.07) is 6.51. The average molecular weight is 286 g/mol. The summed E-state index contributed by atoms with van der Waals surface area (Å²) in [7, 11) is 0. The van der Waals surface area contributed by atoms with Crippen molar-refractivity contribution in [2.24, 2.45) is 0 Å². The van der Waals surface area contributed by atoms with Crippen molar-refractivity contribution < 1.29 is 4.74 Å². The van der Waals surface area contributed by atoms with E-state index >= 15 is 0 Å². The number of imidazole rings is 1. The van der Waals surface area contributed by atoms with Crippen LogP contribution in [0.2, 0.25) is 0 Å². The summed E-state index contributed by atoms with van der Waals surface area (Å²) in [5, 5.41) is 0. The van der Waals surface area contributed by atoms with Crippen molar-refractivity contribution in [3.05, 3.63) is 48.0 Å². The zero-order valence-electron chi connectivity index (χ0n) is 13.5. The van der Waals surface area contributed by atoms with E-state index in [1.807, 2.05) is 18.7 Å². The molecule has 0 saturated carbocycles. The Bertz CT molecular complexity index is 518. The largest absolute Gasteiger partial charge is 0.493 e. The standard InChI is InChI=1S/C18H26N2O/c1-14(2)16-7-5-8-17(15(3)4)18(16)21-12-6-10-20-11-9-19-13-20/h5,7-9,11,13-15H,6,10,12H2,1-4H3. The normalized spacial score (nSPS) is 11.3. The fraction of sp³-hybridized carbons (Fsp3) is 0.500. The minimum atomic E-state index is 0.479. The first kappa shape index (κ1) is 15.6. The lowest BCUT2D eigenvalue weighted by atomic mass is 9.94. The molecule has 0 N–H and O–H groups in total. The quantitative estimate of drug-likeness (QED) is 0.696. The number of hydrogen-bond acceptors (Lipinski definition) is 2. The van der Waals surface area contributed by atoms with Crippen molar-refractivity contribution in [1.82, 2.24) is 9.55 Å². The molecule has 2 aromatic rings. The fourth-order valence-electron chi connectivity index (χ4n) is 2.49. The van der Waals surface area contributed by atoms with E-state index in [-0.39, 0.29) is 0 Å². The van der Waals surface area contributed by atoms with Crippen molar-refractivity contribution in [3.8, 4) is 5.75 Å². The summed E-state index contributed by atoms with van der Waals surface area (Å²) >= 11 is 0. The van der Waals surface area contributed by atoms with Crippen molar-refractivity contribution in [3.63, 3.8) is 0 Å². The maximum Gasteiger partial charge on any atom is 0.126 e. The van der Waals surface area contributed by atoms with Gasteiger partial charge in [0.1, 0.15) is 5.75 Å². The summed E-state index contributed by atoms with van der Waals surface area (Å²) in [5.41, 5.74) is 2.62. The molecule has 21 heavy (non-hydrogen) atoms. The molecule has 1 aromatic carbocycles. The molecule has 1 heterocycles. The second-order valence-electron chi connectivity index (χ2n) is 6.08. The zero-order chi connectivity index (χ0) is 15.2. The Morgan fingerprint density at radius 2 is 1.76 bits per heavy atom. The Morgan fingerprint density at radius 1 is 1.10 bits per heavy atom. The second-order valence-corrected chi connectivity index (χ2v) is 6.08. The molecule has 0 unspecified atom stereocenters. The predicted octanol–water partition coefficient (Wildman–Crippen LogP) is 4.60. The van der Waals surface area contributed by atoms with Crippen LogP contribution in [-0.4, -0.2) is 16.2 Å². The molecule has 0 fully saturated rings. The first-order chi connectivity index (χ1) is 10.1. The van der Waals surface area contributed by atoms with Crippen molar-refractivity contribution in [2.45, 2.75) is 52.5 Å². The zero-order valence-corrected chi connectivity index (χ0v) is 13.5. The van der Waals surface area contributed by atoms with Crippen LogP contribution in [0.3, 0.4) is 0 Å². The van der Waals surface area contributed by atoms with Crippen LogP contribution in [0, 0.1) is 0 Å². The molecular formula is C18H26N2O. The third kappa shape index (κ3) is 4.10. The van der Waals surface area contributed by atoms with Crippen molar-refractivity contribution in [1.29, 1.82) is 0 Å². The van der Waals surface area contributed by atoms with E-state index in [9.17, 15) is 0 Å². The predicted molar refractivity (Wildman–Crippen MR) is 87.0 cm³/mol. The average Bonchev–Trinajstić information content (AvgIpc) is 2.96. The van der Waals surface area contributed by atoms with E-state index in [1.165, 1.54) is 11.1 Å². The first-order valence-electron chi connectivity index (χ1n) is 7.81. The van der Waals surface area contributed by atoms with Crippen LogP contribution >= 0.6 is 0 Å². The van der Waals surface area contributed by atoms with Crippen LogP contribution in [-0.2, 0) is 6.54 Å². The van der Waals surface area contributed by atoms with Gasteiger partial charge in [-0.2, -0.15) is 0 Å². The van der Waals surface area contributed by atoms with Crippen LogP contribution in [0.15, 0.2) is 36.9 Å². The molecule has 0 aliphatic heterocycles. The minimum Gasteiger partial charge on any atom is -0.493 e. The summed E-state index contributed by atoms with van der Waals surface area (Å²) in [6.45, 7) is 10.6. The molecule has 0 aliphatic carbocycles. The lowest BCUT2D eigenvalue weighted by Crippen LogP contribution is -2.07. The topological polar surface area (TPSA) is 27.1 Å². The van der Waals surface area contributed by atoms with Crippen LogP contribution in [0.25, 0.3) is 0 Å². The molecule has 0 saturated heterocycles. The SMILES string of the molecule is CC(C)c1cccc(C(C)C)c1OCCCn1ccnc1. The molecular weight excluding hydrogens is 260 g/mol. The van der Waals surface area contributed by atoms with Crippen LogP contribution in [0.5, 0.6) is 5.75 Å². The van der Waals surface area contributed by atoms with Gasteiger partial charge in [-0.1, -0.05) is 45.9 Å².